The number of aromatic nitrogens is 1. The number of methoxy groups -OCH3 is 1. The summed E-state index contributed by atoms with van der Waals surface area (Å²) in [7, 11) is 1.40. The first-order valence-corrected chi connectivity index (χ1v) is 7.60. The second kappa shape index (κ2) is 4.96. The number of carbonyl (C=O) groups is 1. The number of esters is 1. The van der Waals surface area contributed by atoms with Gasteiger partial charge in [-0.15, -0.1) is 0 Å². The normalized spacial score (nSPS) is 11.2. The van der Waals surface area contributed by atoms with Crippen LogP contribution in [0.2, 0.25) is 3.43 Å². The van der Waals surface area contributed by atoms with Gasteiger partial charge >= 0.3 is 101 Å². The van der Waals surface area contributed by atoms with E-state index in [0.29, 0.717) is 8.99 Å². The Morgan fingerprint density at radius 2 is 2.13 bits per heavy atom. The molecule has 0 spiro atoms. The molecule has 0 aliphatic heterocycles. The molecular weight excluding hydrogens is 297 g/mol. The fourth-order valence-corrected chi connectivity index (χ4v) is 4.37. The minimum absolute atomic E-state index is 0.285. The molecule has 0 amide bonds. The standard InChI is InChI=1S/C7H6NO2.C4H9.Sn/c1-10-7(9)6-2-4-8-5-3-6;1-4(2)3;/h2-4H,1H3;1-3H3;. The number of ether oxygens (including phenoxy) is 1. The molecule has 1 aromatic heterocycles. The van der Waals surface area contributed by atoms with Crippen LogP contribution in [-0.2, 0) is 4.74 Å². The Labute approximate surface area is 100 Å². The van der Waals surface area contributed by atoms with Crippen molar-refractivity contribution in [3.8, 4) is 0 Å². The van der Waals surface area contributed by atoms with Crippen LogP contribution in [0.25, 0.3) is 0 Å². The maximum atomic E-state index is 11.3. The van der Waals surface area contributed by atoms with E-state index in [1.54, 1.807) is 12.3 Å². The Bertz CT molecular complexity index is 358. The van der Waals surface area contributed by atoms with Gasteiger partial charge < -0.3 is 0 Å². The van der Waals surface area contributed by atoms with Gasteiger partial charge in [0, 0.05) is 0 Å². The summed E-state index contributed by atoms with van der Waals surface area (Å²) in [5.41, 5.74) is 0.604. The first-order chi connectivity index (χ1) is 6.92. The van der Waals surface area contributed by atoms with Crippen LogP contribution in [-0.4, -0.2) is 39.2 Å². The number of rotatable bonds is 2. The minimum atomic E-state index is -0.744. The molecule has 0 N–H and O–H groups in total. The summed E-state index contributed by atoms with van der Waals surface area (Å²) in [6, 6.07) is 3.56. The van der Waals surface area contributed by atoms with Gasteiger partial charge in [0.25, 0.3) is 0 Å². The fourth-order valence-electron chi connectivity index (χ4n) is 1.13. The summed E-state index contributed by atoms with van der Waals surface area (Å²) >= 11 is -0.744. The van der Waals surface area contributed by atoms with Crippen molar-refractivity contribution in [2.24, 2.45) is 0 Å². The molecule has 0 bridgehead atoms. The molecule has 0 aromatic carbocycles. The average molecular weight is 312 g/mol. The van der Waals surface area contributed by atoms with E-state index >= 15 is 0 Å². The van der Waals surface area contributed by atoms with Gasteiger partial charge in [-0.1, -0.05) is 0 Å². The van der Waals surface area contributed by atoms with E-state index in [-0.39, 0.29) is 5.97 Å². The molecule has 3 nitrogen and oxygen atoms in total. The van der Waals surface area contributed by atoms with Gasteiger partial charge in [-0.25, -0.2) is 0 Å². The third-order valence-corrected chi connectivity index (χ3v) is 5.34. The van der Waals surface area contributed by atoms with Crippen LogP contribution in [0.4, 0.5) is 0 Å². The molecule has 1 aromatic rings. The number of hydrogen-bond donors (Lipinski definition) is 0. The van der Waals surface area contributed by atoms with Gasteiger partial charge in [-0.3, -0.25) is 0 Å². The number of hydrogen-bond acceptors (Lipinski definition) is 3. The summed E-state index contributed by atoms with van der Waals surface area (Å²) in [5, 5.41) is 0. The summed E-state index contributed by atoms with van der Waals surface area (Å²) in [6.45, 7) is 6.64. The molecule has 0 saturated carbocycles. The van der Waals surface area contributed by atoms with E-state index in [0.717, 1.165) is 3.71 Å². The predicted octanol–water partition coefficient (Wildman–Crippen LogP) is 1.42. The van der Waals surface area contributed by atoms with Crippen LogP contribution in [0, 0.1) is 0 Å². The Morgan fingerprint density at radius 1 is 1.47 bits per heavy atom. The van der Waals surface area contributed by atoms with Crippen molar-refractivity contribution in [3.05, 3.63) is 23.9 Å². The van der Waals surface area contributed by atoms with Crippen molar-refractivity contribution in [2.45, 2.75) is 24.2 Å². The number of carbonyl (C=O) groups excluding carboxylic acids is 1. The molecular formula is C11H15NO2Sn. The SMILES string of the molecule is COC(=O)c1ccn[c]([Sn][C](C)(C)C)c1. The van der Waals surface area contributed by atoms with E-state index in [2.05, 4.69) is 30.5 Å². The van der Waals surface area contributed by atoms with Gasteiger partial charge in [0.1, 0.15) is 0 Å². The van der Waals surface area contributed by atoms with Gasteiger partial charge in [0.15, 0.2) is 0 Å². The van der Waals surface area contributed by atoms with Crippen LogP contribution in [0.5, 0.6) is 0 Å². The number of pyridine rings is 1. The van der Waals surface area contributed by atoms with E-state index < -0.39 is 21.1 Å². The Balaban J connectivity index is 2.88. The van der Waals surface area contributed by atoms with Gasteiger partial charge in [0.05, 0.1) is 0 Å². The third kappa shape index (κ3) is 4.20. The molecule has 15 heavy (non-hydrogen) atoms. The Morgan fingerprint density at radius 3 is 2.67 bits per heavy atom. The van der Waals surface area contributed by atoms with Gasteiger partial charge in [-0.2, -0.15) is 0 Å². The average Bonchev–Trinajstić information content (AvgIpc) is 2.14. The third-order valence-electron chi connectivity index (χ3n) is 1.68. The molecule has 0 atom stereocenters. The molecule has 0 unspecified atom stereocenters. The van der Waals surface area contributed by atoms with E-state index in [1.807, 2.05) is 6.07 Å². The van der Waals surface area contributed by atoms with Crippen LogP contribution in [0.3, 0.4) is 0 Å². The van der Waals surface area contributed by atoms with Gasteiger partial charge in [0.2, 0.25) is 0 Å². The van der Waals surface area contributed by atoms with E-state index in [1.165, 1.54) is 7.11 Å². The predicted molar refractivity (Wildman–Crippen MR) is 60.7 cm³/mol. The van der Waals surface area contributed by atoms with Crippen molar-refractivity contribution in [1.82, 2.24) is 4.98 Å². The van der Waals surface area contributed by atoms with Crippen LogP contribution in [0.15, 0.2) is 18.3 Å². The van der Waals surface area contributed by atoms with Crippen LogP contribution >= 0.6 is 0 Å². The molecule has 1 heterocycles. The van der Waals surface area contributed by atoms with Crippen molar-refractivity contribution < 1.29 is 9.53 Å². The number of nitrogens with zero attached hydrogens (tertiary/aromatic N) is 1. The first-order valence-electron chi connectivity index (χ1n) is 4.75. The zero-order valence-electron chi connectivity index (χ0n) is 9.50. The topological polar surface area (TPSA) is 39.2 Å². The summed E-state index contributed by atoms with van der Waals surface area (Å²) in [5.74, 6) is -0.285. The molecule has 2 radical (unpaired) electrons. The van der Waals surface area contributed by atoms with E-state index in [9.17, 15) is 4.79 Å². The summed E-state index contributed by atoms with van der Waals surface area (Å²) in [6.07, 6.45) is 1.69. The first kappa shape index (κ1) is 12.5. The molecule has 80 valence electrons. The van der Waals surface area contributed by atoms with Crippen LogP contribution < -0.4 is 3.71 Å². The molecule has 0 fully saturated rings. The van der Waals surface area contributed by atoms with Gasteiger partial charge in [-0.05, 0) is 0 Å². The quantitative estimate of drug-likeness (QED) is 0.612. The van der Waals surface area contributed by atoms with Crippen molar-refractivity contribution in [1.29, 1.82) is 0 Å². The second-order valence-electron chi connectivity index (χ2n) is 4.30. The van der Waals surface area contributed by atoms with Crippen molar-refractivity contribution >= 4 is 30.8 Å². The molecule has 1 rings (SSSR count). The van der Waals surface area contributed by atoms with Crippen molar-refractivity contribution in [3.63, 3.8) is 0 Å². The van der Waals surface area contributed by atoms with E-state index in [4.69, 9.17) is 0 Å². The monoisotopic (exact) mass is 313 g/mol. The molecule has 0 aliphatic carbocycles. The zero-order chi connectivity index (χ0) is 11.5. The van der Waals surface area contributed by atoms with Crippen molar-refractivity contribution in [2.75, 3.05) is 7.11 Å². The Hall–Kier alpha value is -0.581. The molecule has 4 heteroatoms. The summed E-state index contributed by atoms with van der Waals surface area (Å²) < 4.78 is 6.10. The van der Waals surface area contributed by atoms with Crippen LogP contribution in [0.1, 0.15) is 31.1 Å². The molecule has 0 aliphatic rings. The summed E-state index contributed by atoms with van der Waals surface area (Å²) in [4.78, 5) is 15.6. The zero-order valence-corrected chi connectivity index (χ0v) is 12.3. The maximum absolute atomic E-state index is 11.3. The molecule has 0 saturated heterocycles. The second-order valence-corrected chi connectivity index (χ2v) is 10.8. The fraction of sp³-hybridized carbons (Fsp3) is 0.455. The Kier molecular flexibility index (Phi) is 4.13.